The van der Waals surface area contributed by atoms with Gasteiger partial charge in [0, 0.05) is 13.7 Å². The van der Waals surface area contributed by atoms with Crippen molar-refractivity contribution < 1.29 is 23.1 Å². The lowest BCUT2D eigenvalue weighted by Gasteiger charge is -2.03. The molecule has 0 spiro atoms. The number of rotatable bonds is 7. The predicted molar refractivity (Wildman–Crippen MR) is 45.9 cm³/mol. The van der Waals surface area contributed by atoms with Crippen molar-refractivity contribution in [1.29, 1.82) is 0 Å². The summed E-state index contributed by atoms with van der Waals surface area (Å²) in [6, 6.07) is 0. The fourth-order valence-corrected chi connectivity index (χ4v) is 1.62. The van der Waals surface area contributed by atoms with Crippen LogP contribution in [0.1, 0.15) is 6.42 Å². The summed E-state index contributed by atoms with van der Waals surface area (Å²) in [5, 5.41) is 8.20. The molecule has 0 aliphatic carbocycles. The molecule has 0 unspecified atom stereocenters. The second kappa shape index (κ2) is 5.90. The molecule has 0 saturated carbocycles. The first kappa shape index (κ1) is 12.3. The highest BCUT2D eigenvalue weighted by Gasteiger charge is 2.10. The van der Waals surface area contributed by atoms with Gasteiger partial charge >= 0.3 is 5.97 Å². The molecule has 0 aromatic rings. The molecule has 6 nitrogen and oxygen atoms in total. The number of sulfonamides is 1. The largest absolute Gasteiger partial charge is 0.480 e. The Balaban J connectivity index is 3.74. The van der Waals surface area contributed by atoms with E-state index in [2.05, 4.69) is 4.74 Å². The maximum Gasteiger partial charge on any atom is 0.318 e. The van der Waals surface area contributed by atoms with Crippen LogP contribution in [0.25, 0.3) is 0 Å². The van der Waals surface area contributed by atoms with E-state index in [0.717, 1.165) is 0 Å². The fraction of sp³-hybridized carbons (Fsp3) is 0.833. The monoisotopic (exact) mass is 211 g/mol. The molecule has 0 aliphatic rings. The molecule has 0 aliphatic heterocycles. The average Bonchev–Trinajstić information content (AvgIpc) is 2.02. The van der Waals surface area contributed by atoms with Crippen LogP contribution in [0.2, 0.25) is 0 Å². The van der Waals surface area contributed by atoms with Gasteiger partial charge < -0.3 is 9.84 Å². The molecule has 78 valence electrons. The van der Waals surface area contributed by atoms with E-state index in [4.69, 9.17) is 5.11 Å². The summed E-state index contributed by atoms with van der Waals surface area (Å²) in [7, 11) is -1.99. The molecule has 2 N–H and O–H groups in total. The van der Waals surface area contributed by atoms with Gasteiger partial charge in [-0.25, -0.2) is 13.1 Å². The van der Waals surface area contributed by atoms with Gasteiger partial charge in [-0.05, 0) is 6.42 Å². The molecule has 0 bridgehead atoms. The third kappa shape index (κ3) is 7.69. The van der Waals surface area contributed by atoms with Crippen LogP contribution in [0.3, 0.4) is 0 Å². The molecule has 0 amide bonds. The first-order valence-electron chi connectivity index (χ1n) is 3.66. The molecule has 0 radical (unpaired) electrons. The minimum Gasteiger partial charge on any atom is -0.480 e. The summed E-state index contributed by atoms with van der Waals surface area (Å²) in [5.41, 5.74) is 0. The van der Waals surface area contributed by atoms with Crippen molar-refractivity contribution >= 4 is 16.0 Å². The molecule has 13 heavy (non-hydrogen) atoms. The van der Waals surface area contributed by atoms with Crippen molar-refractivity contribution in [2.75, 3.05) is 26.0 Å². The van der Waals surface area contributed by atoms with E-state index < -0.39 is 22.5 Å². The van der Waals surface area contributed by atoms with Crippen molar-refractivity contribution in [3.63, 3.8) is 0 Å². The molecule has 0 rings (SSSR count). The fourth-order valence-electron chi connectivity index (χ4n) is 0.637. The molecule has 0 aromatic heterocycles. The predicted octanol–water partition coefficient (Wildman–Crippen LogP) is -0.973. The van der Waals surface area contributed by atoms with E-state index in [1.165, 1.54) is 7.11 Å². The number of carbonyl (C=O) groups is 1. The van der Waals surface area contributed by atoms with E-state index >= 15 is 0 Å². The highest BCUT2D eigenvalue weighted by atomic mass is 32.2. The van der Waals surface area contributed by atoms with E-state index in [1.54, 1.807) is 0 Å². The van der Waals surface area contributed by atoms with E-state index in [-0.39, 0.29) is 5.75 Å². The summed E-state index contributed by atoms with van der Waals surface area (Å²) in [6.07, 6.45) is 0.353. The number of carboxylic acid groups (broad SMARTS) is 1. The number of ether oxygens (including phenoxy) is 1. The maximum absolute atomic E-state index is 11.0. The lowest BCUT2D eigenvalue weighted by atomic mass is 10.5. The van der Waals surface area contributed by atoms with Crippen LogP contribution in [-0.4, -0.2) is 45.5 Å². The zero-order valence-corrected chi connectivity index (χ0v) is 8.13. The van der Waals surface area contributed by atoms with Gasteiger partial charge in [0.05, 0.1) is 5.75 Å². The Morgan fingerprint density at radius 1 is 1.54 bits per heavy atom. The molecule has 0 saturated heterocycles. The molecule has 7 heteroatoms. The summed E-state index contributed by atoms with van der Waals surface area (Å²) < 4.78 is 28.5. The number of nitrogens with one attached hydrogen (secondary N) is 1. The second-order valence-corrected chi connectivity index (χ2v) is 4.31. The zero-order valence-electron chi connectivity index (χ0n) is 7.32. The SMILES string of the molecule is COCCCS(=O)(=O)NCC(=O)O. The first-order chi connectivity index (χ1) is 5.98. The van der Waals surface area contributed by atoms with Crippen LogP contribution < -0.4 is 4.72 Å². The van der Waals surface area contributed by atoms with Crippen molar-refractivity contribution in [1.82, 2.24) is 4.72 Å². The van der Waals surface area contributed by atoms with Crippen molar-refractivity contribution in [2.24, 2.45) is 0 Å². The Morgan fingerprint density at radius 2 is 2.15 bits per heavy atom. The maximum atomic E-state index is 11.0. The molecular formula is C6H13NO5S. The minimum atomic E-state index is -3.46. The smallest absolute Gasteiger partial charge is 0.318 e. The van der Waals surface area contributed by atoms with E-state index in [9.17, 15) is 13.2 Å². The Bertz CT molecular complexity index is 248. The lowest BCUT2D eigenvalue weighted by Crippen LogP contribution is -2.31. The third-order valence-corrected chi connectivity index (χ3v) is 2.62. The standard InChI is InChI=1S/C6H13NO5S/c1-12-3-2-4-13(10,11)7-5-6(8)9/h7H,2-5H2,1H3,(H,8,9). The normalized spacial score (nSPS) is 11.5. The van der Waals surface area contributed by atoms with Gasteiger partial charge in [-0.3, -0.25) is 4.79 Å². The lowest BCUT2D eigenvalue weighted by molar-refractivity contribution is -0.135. The number of carboxylic acids is 1. The molecule has 0 fully saturated rings. The average molecular weight is 211 g/mol. The van der Waals surface area contributed by atoms with Crippen LogP contribution >= 0.6 is 0 Å². The van der Waals surface area contributed by atoms with Crippen LogP contribution in [-0.2, 0) is 19.6 Å². The Kier molecular flexibility index (Phi) is 5.60. The second-order valence-electron chi connectivity index (χ2n) is 2.38. The number of hydrogen-bond acceptors (Lipinski definition) is 4. The van der Waals surface area contributed by atoms with Gasteiger partial charge in [-0.1, -0.05) is 0 Å². The molecule has 0 atom stereocenters. The van der Waals surface area contributed by atoms with Crippen molar-refractivity contribution in [3.05, 3.63) is 0 Å². The quantitative estimate of drug-likeness (QED) is 0.528. The summed E-state index contributed by atoms with van der Waals surface area (Å²) in [6.45, 7) is -0.233. The van der Waals surface area contributed by atoms with Gasteiger partial charge in [-0.2, -0.15) is 0 Å². The van der Waals surface area contributed by atoms with Crippen LogP contribution in [0.15, 0.2) is 0 Å². The highest BCUT2D eigenvalue weighted by Crippen LogP contribution is 1.89. The van der Waals surface area contributed by atoms with Crippen LogP contribution in [0.4, 0.5) is 0 Å². The molecule has 0 heterocycles. The summed E-state index contributed by atoms with van der Waals surface area (Å²) in [4.78, 5) is 10.0. The van der Waals surface area contributed by atoms with Crippen molar-refractivity contribution in [3.8, 4) is 0 Å². The van der Waals surface area contributed by atoms with Gasteiger partial charge in [0.25, 0.3) is 0 Å². The van der Waals surface area contributed by atoms with Crippen molar-refractivity contribution in [2.45, 2.75) is 6.42 Å². The van der Waals surface area contributed by atoms with Gasteiger partial charge in [0.15, 0.2) is 0 Å². The van der Waals surface area contributed by atoms with E-state index in [0.29, 0.717) is 13.0 Å². The van der Waals surface area contributed by atoms with Gasteiger partial charge in [0.2, 0.25) is 10.0 Å². The first-order valence-corrected chi connectivity index (χ1v) is 5.31. The Hall–Kier alpha value is -0.660. The summed E-state index contributed by atoms with van der Waals surface area (Å²) in [5.74, 6) is -1.32. The van der Waals surface area contributed by atoms with Crippen LogP contribution in [0, 0.1) is 0 Å². The number of hydrogen-bond donors (Lipinski definition) is 2. The zero-order chi connectivity index (χ0) is 10.3. The third-order valence-electron chi connectivity index (χ3n) is 1.20. The van der Waals surface area contributed by atoms with E-state index in [1.807, 2.05) is 4.72 Å². The highest BCUT2D eigenvalue weighted by molar-refractivity contribution is 7.89. The number of methoxy groups -OCH3 is 1. The molecule has 0 aromatic carbocycles. The number of aliphatic carboxylic acids is 1. The van der Waals surface area contributed by atoms with Gasteiger partial charge in [0.1, 0.15) is 6.54 Å². The van der Waals surface area contributed by atoms with Gasteiger partial charge in [-0.15, -0.1) is 0 Å². The summed E-state index contributed by atoms with van der Waals surface area (Å²) >= 11 is 0. The Morgan fingerprint density at radius 3 is 2.62 bits per heavy atom. The van der Waals surface area contributed by atoms with Crippen LogP contribution in [0.5, 0.6) is 0 Å². The Labute approximate surface area is 76.9 Å². The topological polar surface area (TPSA) is 92.7 Å². The minimum absolute atomic E-state index is 0.117. The molecular weight excluding hydrogens is 198 g/mol.